The monoisotopic (exact) mass is 339 g/mol. The average molecular weight is 340 g/mol. The summed E-state index contributed by atoms with van der Waals surface area (Å²) < 4.78 is 5.66. The van der Waals surface area contributed by atoms with E-state index in [2.05, 4.69) is 53.3 Å². The number of carbonyl (C=O) groups excluding carboxylic acids is 1. The summed E-state index contributed by atoms with van der Waals surface area (Å²) in [4.78, 5) is 11.3. The maximum absolute atomic E-state index is 11.3. The molecular weight excluding hydrogens is 318 g/mol. The smallest absolute Gasteiger partial charge is 0.246 e. The molecular formula is C16H22BrNO2. The minimum absolute atomic E-state index is 0.0114. The molecule has 1 aliphatic carbocycles. The van der Waals surface area contributed by atoms with Crippen molar-refractivity contribution in [2.45, 2.75) is 45.3 Å². The van der Waals surface area contributed by atoms with Crippen molar-refractivity contribution >= 4 is 21.8 Å². The Hall–Kier alpha value is -0.870. The number of ether oxygens (including phenoxy) is 1. The molecule has 0 bridgehead atoms. The number of morpholine rings is 1. The Balaban J connectivity index is 0.000000328. The van der Waals surface area contributed by atoms with E-state index in [0.717, 1.165) is 18.2 Å². The second kappa shape index (κ2) is 7.23. The van der Waals surface area contributed by atoms with Gasteiger partial charge in [-0.2, -0.15) is 0 Å². The third-order valence-corrected chi connectivity index (χ3v) is 4.42. The van der Waals surface area contributed by atoms with Crippen LogP contribution in [0.3, 0.4) is 0 Å². The van der Waals surface area contributed by atoms with Crippen LogP contribution in [0.15, 0.2) is 18.2 Å². The van der Waals surface area contributed by atoms with Crippen molar-refractivity contribution in [1.29, 1.82) is 0 Å². The Morgan fingerprint density at radius 1 is 1.45 bits per heavy atom. The van der Waals surface area contributed by atoms with Gasteiger partial charge in [0, 0.05) is 5.33 Å². The molecule has 0 spiro atoms. The second-order valence-corrected chi connectivity index (χ2v) is 6.13. The largest absolute Gasteiger partial charge is 0.362 e. The quantitative estimate of drug-likeness (QED) is 0.797. The van der Waals surface area contributed by atoms with Gasteiger partial charge in [-0.1, -0.05) is 46.6 Å². The molecule has 1 amide bonds. The second-order valence-electron chi connectivity index (χ2n) is 5.34. The normalized spacial score (nSPS) is 23.9. The van der Waals surface area contributed by atoms with Crippen molar-refractivity contribution in [2.75, 3.05) is 11.9 Å². The molecule has 20 heavy (non-hydrogen) atoms. The summed E-state index contributed by atoms with van der Waals surface area (Å²) in [5.41, 5.74) is 3.87. The first kappa shape index (κ1) is 15.5. The fourth-order valence-corrected chi connectivity index (χ4v) is 2.65. The van der Waals surface area contributed by atoms with E-state index in [-0.39, 0.29) is 24.7 Å². The van der Waals surface area contributed by atoms with Crippen molar-refractivity contribution < 1.29 is 9.53 Å². The van der Waals surface area contributed by atoms with Crippen molar-refractivity contribution in [3.63, 3.8) is 0 Å². The Bertz CT molecular complexity index is 474. The molecule has 1 heterocycles. The minimum Gasteiger partial charge on any atom is -0.362 e. The van der Waals surface area contributed by atoms with Crippen molar-refractivity contribution in [2.24, 2.45) is 0 Å². The lowest BCUT2D eigenvalue weighted by molar-refractivity contribution is -0.137. The van der Waals surface area contributed by atoms with Crippen LogP contribution >= 0.6 is 15.9 Å². The fourth-order valence-electron chi connectivity index (χ4n) is 2.65. The van der Waals surface area contributed by atoms with E-state index >= 15 is 0 Å². The SMILES string of the molecule is CCCBr.Cc1ccc2c(c1)[C@H]1OCC(=O)N[C@@H]1CC2. The van der Waals surface area contributed by atoms with Gasteiger partial charge in [0.1, 0.15) is 12.7 Å². The summed E-state index contributed by atoms with van der Waals surface area (Å²) in [5.74, 6) is 0.0114. The zero-order chi connectivity index (χ0) is 14.5. The first-order valence-corrected chi connectivity index (χ1v) is 8.34. The number of rotatable bonds is 1. The molecule has 3 rings (SSSR count). The highest BCUT2D eigenvalue weighted by Gasteiger charge is 2.34. The summed E-state index contributed by atoms with van der Waals surface area (Å²) in [7, 11) is 0. The lowest BCUT2D eigenvalue weighted by atomic mass is 9.84. The summed E-state index contributed by atoms with van der Waals surface area (Å²) in [5, 5.41) is 4.15. The molecule has 1 aliphatic heterocycles. The van der Waals surface area contributed by atoms with Gasteiger partial charge in [-0.25, -0.2) is 0 Å². The molecule has 2 aliphatic rings. The first-order chi connectivity index (χ1) is 9.65. The summed E-state index contributed by atoms with van der Waals surface area (Å²) in [6.45, 7) is 4.41. The van der Waals surface area contributed by atoms with E-state index in [1.54, 1.807) is 0 Å². The summed E-state index contributed by atoms with van der Waals surface area (Å²) in [6.07, 6.45) is 3.30. The van der Waals surface area contributed by atoms with Gasteiger partial charge in [-0.15, -0.1) is 0 Å². The highest BCUT2D eigenvalue weighted by Crippen LogP contribution is 2.34. The highest BCUT2D eigenvalue weighted by molar-refractivity contribution is 9.09. The first-order valence-electron chi connectivity index (χ1n) is 7.22. The van der Waals surface area contributed by atoms with Crippen molar-refractivity contribution in [3.8, 4) is 0 Å². The molecule has 110 valence electrons. The lowest BCUT2D eigenvalue weighted by Crippen LogP contribution is -2.49. The van der Waals surface area contributed by atoms with Crippen LogP contribution in [0.4, 0.5) is 0 Å². The number of halogens is 1. The molecule has 0 aromatic heterocycles. The molecule has 1 aromatic carbocycles. The summed E-state index contributed by atoms with van der Waals surface area (Å²) >= 11 is 3.25. The standard InChI is InChI=1S/C13H15NO2.C3H7Br/c1-8-2-3-9-4-5-11-13(10(9)6-8)16-7-12(15)14-11;1-2-3-4/h2-3,6,11,13H,4-5,7H2,1H3,(H,14,15);2-3H2,1H3/t11-,13-;/m1./s1. The van der Waals surface area contributed by atoms with Gasteiger partial charge in [0.05, 0.1) is 6.04 Å². The number of benzene rings is 1. The van der Waals surface area contributed by atoms with E-state index < -0.39 is 0 Å². The molecule has 0 unspecified atom stereocenters. The highest BCUT2D eigenvalue weighted by atomic mass is 79.9. The van der Waals surface area contributed by atoms with Crippen molar-refractivity contribution in [1.82, 2.24) is 5.32 Å². The maximum Gasteiger partial charge on any atom is 0.246 e. The van der Waals surface area contributed by atoms with Crippen LogP contribution in [0.2, 0.25) is 0 Å². The Kier molecular flexibility index (Phi) is 5.61. The number of amides is 1. The lowest BCUT2D eigenvalue weighted by Gasteiger charge is -2.37. The Labute approximate surface area is 129 Å². The van der Waals surface area contributed by atoms with Gasteiger partial charge in [0.15, 0.2) is 0 Å². The molecule has 3 nitrogen and oxygen atoms in total. The molecule has 1 N–H and O–H groups in total. The van der Waals surface area contributed by atoms with Crippen LogP contribution in [0, 0.1) is 6.92 Å². The van der Waals surface area contributed by atoms with Crippen LogP contribution in [0.1, 0.15) is 42.6 Å². The van der Waals surface area contributed by atoms with Gasteiger partial charge in [-0.05, 0) is 37.3 Å². The van der Waals surface area contributed by atoms with Crippen LogP contribution in [-0.4, -0.2) is 23.9 Å². The number of carbonyl (C=O) groups is 1. The number of fused-ring (bicyclic) bond motifs is 3. The molecule has 0 radical (unpaired) electrons. The molecule has 0 saturated carbocycles. The van der Waals surface area contributed by atoms with E-state index in [0.29, 0.717) is 0 Å². The zero-order valence-electron chi connectivity index (χ0n) is 12.1. The van der Waals surface area contributed by atoms with E-state index in [1.165, 1.54) is 23.1 Å². The zero-order valence-corrected chi connectivity index (χ0v) is 13.7. The number of aryl methyl sites for hydroxylation is 2. The summed E-state index contributed by atoms with van der Waals surface area (Å²) in [6, 6.07) is 6.67. The number of alkyl halides is 1. The van der Waals surface area contributed by atoms with Crippen LogP contribution < -0.4 is 5.32 Å². The number of hydrogen-bond acceptors (Lipinski definition) is 2. The number of nitrogens with one attached hydrogen (secondary N) is 1. The molecule has 1 fully saturated rings. The van der Waals surface area contributed by atoms with Gasteiger partial charge >= 0.3 is 0 Å². The van der Waals surface area contributed by atoms with Crippen LogP contribution in [0.5, 0.6) is 0 Å². The molecule has 1 aromatic rings. The van der Waals surface area contributed by atoms with E-state index in [4.69, 9.17) is 4.74 Å². The predicted molar refractivity (Wildman–Crippen MR) is 84.2 cm³/mol. The molecule has 1 saturated heterocycles. The third-order valence-electron chi connectivity index (χ3n) is 3.63. The Morgan fingerprint density at radius 3 is 2.90 bits per heavy atom. The minimum atomic E-state index is 0.0114. The van der Waals surface area contributed by atoms with Crippen molar-refractivity contribution in [3.05, 3.63) is 34.9 Å². The molecule has 4 heteroatoms. The Morgan fingerprint density at radius 2 is 2.20 bits per heavy atom. The topological polar surface area (TPSA) is 38.3 Å². The van der Waals surface area contributed by atoms with Gasteiger partial charge < -0.3 is 10.1 Å². The van der Waals surface area contributed by atoms with Crippen LogP contribution in [-0.2, 0) is 16.0 Å². The van der Waals surface area contributed by atoms with Crippen LogP contribution in [0.25, 0.3) is 0 Å². The average Bonchev–Trinajstić information content (AvgIpc) is 2.47. The third kappa shape index (κ3) is 3.61. The fraction of sp³-hybridized carbons (Fsp3) is 0.562. The van der Waals surface area contributed by atoms with Gasteiger partial charge in [0.2, 0.25) is 5.91 Å². The van der Waals surface area contributed by atoms with Gasteiger partial charge in [-0.3, -0.25) is 4.79 Å². The van der Waals surface area contributed by atoms with E-state index in [1.807, 2.05) is 0 Å². The predicted octanol–water partition coefficient (Wildman–Crippen LogP) is 3.29. The molecule has 2 atom stereocenters. The van der Waals surface area contributed by atoms with Gasteiger partial charge in [0.25, 0.3) is 0 Å². The number of hydrogen-bond donors (Lipinski definition) is 1. The maximum atomic E-state index is 11.3. The van der Waals surface area contributed by atoms with E-state index in [9.17, 15) is 4.79 Å².